The van der Waals surface area contributed by atoms with Gasteiger partial charge >= 0.3 is 40.9 Å². The number of rotatable bonds is 0. The van der Waals surface area contributed by atoms with Crippen LogP contribution in [0.25, 0.3) is 21.5 Å². The van der Waals surface area contributed by atoms with Gasteiger partial charge in [-0.15, -0.1) is 46.2 Å². The number of allylic oxidation sites excluding steroid dienone is 4. The van der Waals surface area contributed by atoms with Crippen molar-refractivity contribution in [3.05, 3.63) is 77.9 Å². The van der Waals surface area contributed by atoms with Crippen molar-refractivity contribution in [2.24, 2.45) is 0 Å². The fourth-order valence-electron chi connectivity index (χ4n) is 3.33. The van der Waals surface area contributed by atoms with Crippen molar-refractivity contribution in [1.82, 2.24) is 0 Å². The van der Waals surface area contributed by atoms with E-state index in [0.717, 1.165) is 6.42 Å². The van der Waals surface area contributed by atoms with E-state index in [0.29, 0.717) is 5.43 Å². The molecule has 5 rings (SSSR count). The number of hydrogen-bond acceptors (Lipinski definition) is 0. The Bertz CT molecular complexity index is 1010. The van der Waals surface area contributed by atoms with E-state index in [1.807, 2.05) is 35.5 Å². The molecule has 0 radical (unpaired) electrons. The van der Waals surface area contributed by atoms with Gasteiger partial charge < -0.3 is 0 Å². The maximum absolute atomic E-state index is 2.99. The van der Waals surface area contributed by atoms with Crippen LogP contribution in [0.15, 0.2) is 60.7 Å². The summed E-state index contributed by atoms with van der Waals surface area (Å²) in [4.78, 5) is 0. The fourth-order valence-corrected chi connectivity index (χ4v) is 6.60. The molecule has 1 fully saturated rings. The van der Waals surface area contributed by atoms with Crippen LogP contribution >= 0.6 is 0 Å². The van der Waals surface area contributed by atoms with Crippen molar-refractivity contribution in [2.45, 2.75) is 70.9 Å². The van der Waals surface area contributed by atoms with Crippen LogP contribution in [0.1, 0.15) is 59.1 Å². The minimum atomic E-state index is 0.194. The van der Waals surface area contributed by atoms with Gasteiger partial charge in [0.1, 0.15) is 0 Å². The Balaban J connectivity index is 0.000000233. The van der Waals surface area contributed by atoms with Crippen LogP contribution in [0.5, 0.6) is 0 Å². The topological polar surface area (TPSA) is 0 Å². The Morgan fingerprint density at radius 3 is 1.57 bits per heavy atom. The van der Waals surface area contributed by atoms with Crippen LogP contribution in [0, 0.1) is 6.08 Å². The minimum absolute atomic E-state index is 0.194. The third-order valence-electron chi connectivity index (χ3n) is 5.53. The average Bonchev–Trinajstić information content (AvgIpc) is 3.15. The van der Waals surface area contributed by atoms with Crippen molar-refractivity contribution >= 4 is 27.0 Å². The zero-order chi connectivity index (χ0) is 21.9. The van der Waals surface area contributed by atoms with E-state index in [1.165, 1.54) is 32.7 Å². The van der Waals surface area contributed by atoms with E-state index in [9.17, 15) is 0 Å². The average molecular weight is 490 g/mol. The van der Waals surface area contributed by atoms with Crippen LogP contribution < -0.4 is 0 Å². The maximum atomic E-state index is 2.99. The first-order valence-corrected chi connectivity index (χ1v) is 16.6. The van der Waals surface area contributed by atoms with Crippen LogP contribution in [0.2, 0.25) is 12.1 Å². The summed E-state index contributed by atoms with van der Waals surface area (Å²) in [5.74, 6) is 0. The van der Waals surface area contributed by atoms with Crippen molar-refractivity contribution in [2.75, 3.05) is 0 Å². The molecule has 154 valence electrons. The molecule has 3 aromatic carbocycles. The third kappa shape index (κ3) is 6.44. The Morgan fingerprint density at radius 1 is 0.833 bits per heavy atom. The molecular weight excluding hydrogens is 456 g/mol. The Morgan fingerprint density at radius 2 is 1.30 bits per heavy atom. The first kappa shape index (κ1) is 23.6. The third-order valence-corrected chi connectivity index (χ3v) is 10.2. The van der Waals surface area contributed by atoms with E-state index in [2.05, 4.69) is 96.2 Å². The predicted molar refractivity (Wildman–Crippen MR) is 131 cm³/mol. The van der Waals surface area contributed by atoms with Crippen molar-refractivity contribution in [3.63, 3.8) is 0 Å². The summed E-state index contributed by atoms with van der Waals surface area (Å²) >= 11 is 1.85. The molecule has 0 aromatic heterocycles. The summed E-state index contributed by atoms with van der Waals surface area (Å²) in [7, 11) is 0. The molecule has 0 amide bonds. The number of hydrogen-bond donors (Lipinski definition) is 0. The van der Waals surface area contributed by atoms with E-state index in [1.54, 1.807) is 12.1 Å². The first-order valence-electron chi connectivity index (χ1n) is 11.0. The van der Waals surface area contributed by atoms with Gasteiger partial charge in [0.25, 0.3) is 0 Å². The second-order valence-corrected chi connectivity index (χ2v) is 17.8. The van der Waals surface area contributed by atoms with Gasteiger partial charge in [0.05, 0.1) is 0 Å². The monoisotopic (exact) mass is 488 g/mol. The molecule has 2 aliphatic rings. The van der Waals surface area contributed by atoms with Crippen molar-refractivity contribution < 1.29 is 23.3 Å². The summed E-state index contributed by atoms with van der Waals surface area (Å²) in [5, 5.41) is 5.49. The van der Waals surface area contributed by atoms with Gasteiger partial charge in [0.2, 0.25) is 0 Å². The molecule has 0 saturated carbocycles. The Labute approximate surface area is 198 Å². The Hall–Kier alpha value is -1.11. The van der Waals surface area contributed by atoms with E-state index >= 15 is 0 Å². The molecular formula is C28H34SiZr. The Kier molecular flexibility index (Phi) is 7.52. The summed E-state index contributed by atoms with van der Waals surface area (Å²) in [6, 6.07) is 19.4. The van der Waals surface area contributed by atoms with Gasteiger partial charge in [-0.25, -0.2) is 12.2 Å². The predicted octanol–water partition coefficient (Wildman–Crippen LogP) is 8.15. The van der Waals surface area contributed by atoms with E-state index in [-0.39, 0.29) is 10.8 Å². The first-order chi connectivity index (χ1) is 14.1. The number of benzene rings is 2. The van der Waals surface area contributed by atoms with Crippen LogP contribution in [0.3, 0.4) is 0 Å². The van der Waals surface area contributed by atoms with Crippen molar-refractivity contribution in [1.29, 1.82) is 0 Å². The molecule has 3 aromatic rings. The molecule has 0 spiro atoms. The molecule has 0 atom stereocenters. The van der Waals surface area contributed by atoms with Gasteiger partial charge in [-0.2, -0.15) is 6.08 Å². The second kappa shape index (κ2) is 9.58. The summed E-state index contributed by atoms with van der Waals surface area (Å²) < 4.78 is 0. The molecule has 1 heterocycles. The zero-order valence-electron chi connectivity index (χ0n) is 19.4. The standard InChI is InChI=1S/C21H25.C5H5.C2H4Si.Zr/c1-20(2,3)16-9-7-14-11-15-8-10-17(21(4,5)6)13-19(15)18(14)12-16;1-2-4-5-3-1;1-2-3-1;/h7-13H,1-6H3;1-3H,4H2;1-2H2;/q2*-1;;+2. The molecule has 0 bridgehead atoms. The normalized spacial score (nSPS) is 15.1. The molecule has 1 saturated heterocycles. The SMILES string of the molecule is CC(C)(C)c1ccc2[cH-]c3ccc(C(C)(C)C)cc3c2c1.[C-]1=CC=CC1.[Zr+2]=[Si]1CC1. The van der Waals surface area contributed by atoms with Crippen LogP contribution in [-0.2, 0) is 34.2 Å². The quantitative estimate of drug-likeness (QED) is 0.221. The molecule has 0 nitrogen and oxygen atoms in total. The van der Waals surface area contributed by atoms with Gasteiger partial charge in [0, 0.05) is 0 Å². The number of fused-ring (bicyclic) bond motifs is 3. The van der Waals surface area contributed by atoms with E-state index < -0.39 is 0 Å². The molecule has 0 N–H and O–H groups in total. The summed E-state index contributed by atoms with van der Waals surface area (Å²) in [6.07, 6.45) is 10.0. The summed E-state index contributed by atoms with van der Waals surface area (Å²) in [5.41, 5.74) is 3.66. The molecule has 30 heavy (non-hydrogen) atoms. The second-order valence-electron chi connectivity index (χ2n) is 10.4. The van der Waals surface area contributed by atoms with Gasteiger partial charge in [-0.3, -0.25) is 6.08 Å². The van der Waals surface area contributed by atoms with Crippen molar-refractivity contribution in [3.8, 4) is 0 Å². The van der Waals surface area contributed by atoms with Gasteiger partial charge in [-0.1, -0.05) is 76.9 Å². The van der Waals surface area contributed by atoms with Crippen LogP contribution in [-0.4, -0.2) is 5.43 Å². The zero-order valence-corrected chi connectivity index (χ0v) is 22.9. The van der Waals surface area contributed by atoms with Crippen LogP contribution in [0.4, 0.5) is 0 Å². The van der Waals surface area contributed by atoms with Gasteiger partial charge in [0.15, 0.2) is 0 Å². The summed E-state index contributed by atoms with van der Waals surface area (Å²) in [6.45, 7) is 13.7. The molecule has 1 aliphatic heterocycles. The molecule has 2 heteroatoms. The van der Waals surface area contributed by atoms with E-state index in [4.69, 9.17) is 0 Å². The molecule has 0 unspecified atom stereocenters. The molecule has 1 aliphatic carbocycles. The van der Waals surface area contributed by atoms with Gasteiger partial charge in [-0.05, 0) is 10.8 Å². The fraction of sp³-hybridized carbons (Fsp3) is 0.393.